The van der Waals surface area contributed by atoms with Gasteiger partial charge in [0, 0.05) is 18.3 Å². The lowest BCUT2D eigenvalue weighted by molar-refractivity contribution is -0.118. The Morgan fingerprint density at radius 3 is 2.90 bits per heavy atom. The first kappa shape index (κ1) is 12.8. The highest BCUT2D eigenvalue weighted by atomic mass is 16.3. The van der Waals surface area contributed by atoms with E-state index in [1.54, 1.807) is 5.57 Å². The molecule has 0 radical (unpaired) electrons. The topological polar surface area (TPSA) is 37.3 Å². The normalized spacial score (nSPS) is 43.8. The van der Waals surface area contributed by atoms with Gasteiger partial charge in [0.25, 0.3) is 0 Å². The Hall–Kier alpha value is -0.890. The maximum Gasteiger partial charge on any atom is 0.137 e. The maximum atomic E-state index is 11.7. The third-order valence-corrected chi connectivity index (χ3v) is 6.60. The molecule has 0 bridgehead atoms. The Morgan fingerprint density at radius 2 is 2.05 bits per heavy atom. The van der Waals surface area contributed by atoms with Crippen molar-refractivity contribution in [3.05, 3.63) is 22.8 Å². The zero-order valence-corrected chi connectivity index (χ0v) is 12.3. The highest BCUT2D eigenvalue weighted by Crippen LogP contribution is 2.58. The highest BCUT2D eigenvalue weighted by Gasteiger charge is 2.52. The Kier molecular flexibility index (Phi) is 2.76. The lowest BCUT2D eigenvalue weighted by atomic mass is 9.58. The molecule has 4 aliphatic carbocycles. The summed E-state index contributed by atoms with van der Waals surface area (Å²) in [4.78, 5) is 11.7. The van der Waals surface area contributed by atoms with Gasteiger partial charge in [0.2, 0.25) is 0 Å². The fourth-order valence-electron chi connectivity index (χ4n) is 5.39. The van der Waals surface area contributed by atoms with E-state index in [1.807, 2.05) is 0 Å². The Labute approximate surface area is 120 Å². The van der Waals surface area contributed by atoms with Crippen LogP contribution in [0.1, 0.15) is 58.3 Å². The molecule has 0 spiro atoms. The van der Waals surface area contributed by atoms with Crippen molar-refractivity contribution in [3.63, 3.8) is 0 Å². The molecule has 2 heteroatoms. The predicted octanol–water partition coefficient (Wildman–Crippen LogP) is 3.55. The van der Waals surface area contributed by atoms with Crippen molar-refractivity contribution >= 4 is 5.78 Å². The van der Waals surface area contributed by atoms with Crippen LogP contribution in [0.15, 0.2) is 22.8 Å². The van der Waals surface area contributed by atoms with E-state index in [4.69, 9.17) is 0 Å². The molecule has 0 aromatic rings. The van der Waals surface area contributed by atoms with E-state index < -0.39 is 0 Å². The summed E-state index contributed by atoms with van der Waals surface area (Å²) in [6, 6.07) is 0. The average Bonchev–Trinajstić information content (AvgIpc) is 2.74. The molecule has 4 atom stereocenters. The van der Waals surface area contributed by atoms with Gasteiger partial charge < -0.3 is 5.11 Å². The number of fused-ring (bicyclic) bond motifs is 4. The Bertz CT molecular complexity index is 528. The fourth-order valence-corrected chi connectivity index (χ4v) is 5.39. The summed E-state index contributed by atoms with van der Waals surface area (Å²) in [5.41, 5.74) is 4.64. The quantitative estimate of drug-likeness (QED) is 0.732. The standard InChI is InChI=1S/C18H24O2/c1-18-9-8-14-13-5-3-12(19)10-11(13)2-4-15(14)16(18)6-7-17(18)20/h8,15-17,20H,2-7,9-10H2,1H3/t15-,16+,17-,18+/m1/s1. The molecular formula is C18H24O2. The largest absolute Gasteiger partial charge is 0.393 e. The van der Waals surface area contributed by atoms with Gasteiger partial charge in [-0.2, -0.15) is 0 Å². The molecule has 0 aromatic heterocycles. The number of aliphatic hydroxyl groups is 1. The van der Waals surface area contributed by atoms with Crippen LogP contribution in [0.2, 0.25) is 0 Å². The van der Waals surface area contributed by atoms with Crippen LogP contribution in [0.25, 0.3) is 0 Å². The predicted molar refractivity (Wildman–Crippen MR) is 78.1 cm³/mol. The van der Waals surface area contributed by atoms with Gasteiger partial charge in [0.15, 0.2) is 0 Å². The van der Waals surface area contributed by atoms with Crippen molar-refractivity contribution < 1.29 is 9.90 Å². The summed E-state index contributed by atoms with van der Waals surface area (Å²) in [5.74, 6) is 1.74. The van der Waals surface area contributed by atoms with Gasteiger partial charge in [0.1, 0.15) is 5.78 Å². The SMILES string of the molecule is C[C@]12CC=C3C4=C(CC[C@H]3[C@@H]1CC[C@H]2O)CC(=O)CC4. The van der Waals surface area contributed by atoms with Crippen molar-refractivity contribution in [1.29, 1.82) is 0 Å². The number of aliphatic hydroxyl groups excluding tert-OH is 1. The smallest absolute Gasteiger partial charge is 0.137 e. The van der Waals surface area contributed by atoms with Gasteiger partial charge >= 0.3 is 0 Å². The van der Waals surface area contributed by atoms with Gasteiger partial charge in [-0.15, -0.1) is 0 Å². The van der Waals surface area contributed by atoms with Crippen molar-refractivity contribution in [2.24, 2.45) is 17.3 Å². The van der Waals surface area contributed by atoms with Crippen LogP contribution in [-0.2, 0) is 4.79 Å². The summed E-state index contributed by atoms with van der Waals surface area (Å²) in [5, 5.41) is 10.4. The third kappa shape index (κ3) is 1.64. The number of Topliss-reactive ketones (excluding diaryl/α,β-unsaturated/α-hetero) is 1. The van der Waals surface area contributed by atoms with Gasteiger partial charge in [-0.05, 0) is 61.5 Å². The summed E-state index contributed by atoms with van der Waals surface area (Å²) in [6.07, 6.45) is 10.2. The Balaban J connectivity index is 1.73. The van der Waals surface area contributed by atoms with Crippen LogP contribution >= 0.6 is 0 Å². The van der Waals surface area contributed by atoms with Gasteiger partial charge in [-0.25, -0.2) is 0 Å². The number of allylic oxidation sites excluding steroid dienone is 4. The molecule has 1 fully saturated rings. The van der Waals surface area contributed by atoms with Gasteiger partial charge in [-0.3, -0.25) is 4.79 Å². The van der Waals surface area contributed by atoms with Crippen LogP contribution in [0, 0.1) is 17.3 Å². The van der Waals surface area contributed by atoms with Gasteiger partial charge in [0.05, 0.1) is 6.10 Å². The molecule has 108 valence electrons. The minimum atomic E-state index is -0.117. The zero-order valence-electron chi connectivity index (χ0n) is 12.3. The number of ketones is 1. The molecule has 1 N–H and O–H groups in total. The molecule has 4 aliphatic rings. The second-order valence-corrected chi connectivity index (χ2v) is 7.51. The minimum Gasteiger partial charge on any atom is -0.393 e. The summed E-state index contributed by atoms with van der Waals surface area (Å²) >= 11 is 0. The second kappa shape index (κ2) is 4.30. The summed E-state index contributed by atoms with van der Waals surface area (Å²) in [7, 11) is 0. The third-order valence-electron chi connectivity index (χ3n) is 6.60. The van der Waals surface area contributed by atoms with E-state index >= 15 is 0 Å². The number of carbonyl (C=O) groups is 1. The molecule has 0 aliphatic heterocycles. The summed E-state index contributed by atoms with van der Waals surface area (Å²) < 4.78 is 0. The molecule has 0 amide bonds. The molecule has 0 aromatic carbocycles. The van der Waals surface area contributed by atoms with E-state index in [0.717, 1.165) is 32.1 Å². The van der Waals surface area contributed by atoms with E-state index in [-0.39, 0.29) is 11.5 Å². The minimum absolute atomic E-state index is 0.108. The van der Waals surface area contributed by atoms with E-state index in [2.05, 4.69) is 13.0 Å². The van der Waals surface area contributed by atoms with Crippen molar-refractivity contribution in [1.82, 2.24) is 0 Å². The molecule has 1 saturated carbocycles. The molecule has 4 rings (SSSR count). The average molecular weight is 272 g/mol. The first-order valence-corrected chi connectivity index (χ1v) is 8.20. The van der Waals surface area contributed by atoms with E-state index in [9.17, 15) is 9.90 Å². The first-order valence-electron chi connectivity index (χ1n) is 8.20. The zero-order chi connectivity index (χ0) is 13.9. The molecule has 0 saturated heterocycles. The fraction of sp³-hybridized carbons (Fsp3) is 0.722. The molecule has 0 unspecified atom stereocenters. The molecule has 0 heterocycles. The molecule has 2 nitrogen and oxygen atoms in total. The highest BCUT2D eigenvalue weighted by molar-refractivity contribution is 5.83. The lowest BCUT2D eigenvalue weighted by Crippen LogP contribution is -2.40. The Morgan fingerprint density at radius 1 is 1.20 bits per heavy atom. The van der Waals surface area contributed by atoms with Crippen LogP contribution in [0.4, 0.5) is 0 Å². The summed E-state index contributed by atoms with van der Waals surface area (Å²) in [6.45, 7) is 2.29. The van der Waals surface area contributed by atoms with Crippen molar-refractivity contribution in [2.75, 3.05) is 0 Å². The number of carbonyl (C=O) groups excluding carboxylic acids is 1. The van der Waals surface area contributed by atoms with Gasteiger partial charge in [-0.1, -0.05) is 18.6 Å². The number of rotatable bonds is 0. The van der Waals surface area contributed by atoms with Crippen LogP contribution in [0.3, 0.4) is 0 Å². The first-order chi connectivity index (χ1) is 9.59. The number of hydrogen-bond donors (Lipinski definition) is 1. The van der Waals surface area contributed by atoms with Crippen LogP contribution in [-0.4, -0.2) is 17.0 Å². The molecule has 20 heavy (non-hydrogen) atoms. The number of hydrogen-bond acceptors (Lipinski definition) is 2. The monoisotopic (exact) mass is 272 g/mol. The van der Waals surface area contributed by atoms with E-state index in [1.165, 1.54) is 24.0 Å². The van der Waals surface area contributed by atoms with Crippen LogP contribution < -0.4 is 0 Å². The van der Waals surface area contributed by atoms with Crippen LogP contribution in [0.5, 0.6) is 0 Å². The van der Waals surface area contributed by atoms with E-state index in [0.29, 0.717) is 24.0 Å². The second-order valence-electron chi connectivity index (χ2n) is 7.51. The maximum absolute atomic E-state index is 11.7. The van der Waals surface area contributed by atoms with Crippen molar-refractivity contribution in [2.45, 2.75) is 64.4 Å². The molecular weight excluding hydrogens is 248 g/mol. The van der Waals surface area contributed by atoms with Crippen molar-refractivity contribution in [3.8, 4) is 0 Å². The lowest BCUT2D eigenvalue weighted by Gasteiger charge is -2.46.